The van der Waals surface area contributed by atoms with Gasteiger partial charge in [0.25, 0.3) is 0 Å². The predicted molar refractivity (Wildman–Crippen MR) is 84.2 cm³/mol. The third-order valence-electron chi connectivity index (χ3n) is 4.24. The van der Waals surface area contributed by atoms with Crippen LogP contribution < -0.4 is 0 Å². The van der Waals surface area contributed by atoms with Crippen LogP contribution in [-0.2, 0) is 0 Å². The minimum atomic E-state index is -0.494. The summed E-state index contributed by atoms with van der Waals surface area (Å²) in [5.41, 5.74) is 1.10. The fourth-order valence-corrected chi connectivity index (χ4v) is 3.29. The Morgan fingerprint density at radius 2 is 1.57 bits per heavy atom. The molecule has 5 nitrogen and oxygen atoms in total. The Morgan fingerprint density at radius 1 is 0.826 bits per heavy atom. The molecule has 23 heavy (non-hydrogen) atoms. The van der Waals surface area contributed by atoms with Gasteiger partial charge in [-0.1, -0.05) is 12.1 Å². The maximum atomic E-state index is 12.7. The van der Waals surface area contributed by atoms with Crippen LogP contribution in [0.25, 0.3) is 21.9 Å². The van der Waals surface area contributed by atoms with E-state index in [-0.39, 0.29) is 50.3 Å². The van der Waals surface area contributed by atoms with Crippen LogP contribution in [0.4, 0.5) is 0 Å². The van der Waals surface area contributed by atoms with Crippen LogP contribution in [0.5, 0.6) is 23.0 Å². The van der Waals surface area contributed by atoms with Crippen molar-refractivity contribution < 1.29 is 25.2 Å². The molecular weight excluding hydrogens is 296 g/mol. The van der Waals surface area contributed by atoms with Gasteiger partial charge in [0.2, 0.25) is 0 Å². The van der Waals surface area contributed by atoms with E-state index in [0.717, 1.165) is 0 Å². The summed E-state index contributed by atoms with van der Waals surface area (Å²) in [5.74, 6) is -1.52. The van der Waals surface area contributed by atoms with E-state index in [1.165, 1.54) is 24.3 Å². The summed E-state index contributed by atoms with van der Waals surface area (Å²) in [6.07, 6.45) is 0. The van der Waals surface area contributed by atoms with Crippen LogP contribution in [0, 0.1) is 6.92 Å². The summed E-state index contributed by atoms with van der Waals surface area (Å²) < 4.78 is 0. The van der Waals surface area contributed by atoms with E-state index in [4.69, 9.17) is 0 Å². The summed E-state index contributed by atoms with van der Waals surface area (Å²) in [7, 11) is 0. The second kappa shape index (κ2) is 4.16. The van der Waals surface area contributed by atoms with Crippen LogP contribution in [0.3, 0.4) is 0 Å². The molecule has 0 aromatic heterocycles. The smallest absolute Gasteiger partial charge is 0.198 e. The minimum absolute atomic E-state index is 0.0149. The number of fused-ring (bicyclic) bond motifs is 4. The van der Waals surface area contributed by atoms with Crippen molar-refractivity contribution in [1.29, 1.82) is 0 Å². The molecule has 1 aliphatic rings. The van der Waals surface area contributed by atoms with E-state index < -0.39 is 11.5 Å². The number of hydrogen-bond acceptors (Lipinski definition) is 5. The lowest BCUT2D eigenvalue weighted by Gasteiger charge is -2.12. The van der Waals surface area contributed by atoms with Crippen molar-refractivity contribution in [2.75, 3.05) is 0 Å². The van der Waals surface area contributed by atoms with Gasteiger partial charge >= 0.3 is 0 Å². The molecular formula is C18H12O5. The SMILES string of the molecule is Cc1cc(O)c2c(c1)C(=O)c1c-2c(O)c2cccc(O)c2c1O. The van der Waals surface area contributed by atoms with Crippen LogP contribution in [0.1, 0.15) is 21.5 Å². The Labute approximate surface area is 130 Å². The molecule has 0 heterocycles. The van der Waals surface area contributed by atoms with E-state index in [9.17, 15) is 25.2 Å². The average Bonchev–Trinajstić information content (AvgIpc) is 2.79. The Bertz CT molecular complexity index is 1030. The Morgan fingerprint density at radius 3 is 2.30 bits per heavy atom. The van der Waals surface area contributed by atoms with Gasteiger partial charge in [-0.3, -0.25) is 4.79 Å². The zero-order valence-electron chi connectivity index (χ0n) is 12.1. The fourth-order valence-electron chi connectivity index (χ4n) is 3.29. The summed E-state index contributed by atoms with van der Waals surface area (Å²) in [4.78, 5) is 12.7. The van der Waals surface area contributed by atoms with Crippen LogP contribution in [0.15, 0.2) is 30.3 Å². The molecule has 0 spiro atoms. The maximum absolute atomic E-state index is 12.7. The van der Waals surface area contributed by atoms with Crippen molar-refractivity contribution >= 4 is 16.6 Å². The van der Waals surface area contributed by atoms with Gasteiger partial charge in [-0.15, -0.1) is 0 Å². The van der Waals surface area contributed by atoms with Crippen molar-refractivity contribution in [3.63, 3.8) is 0 Å². The van der Waals surface area contributed by atoms with Gasteiger partial charge in [-0.2, -0.15) is 0 Å². The number of carbonyl (C=O) groups excluding carboxylic acids is 1. The molecule has 114 valence electrons. The number of ketones is 1. The van der Waals surface area contributed by atoms with Gasteiger partial charge < -0.3 is 20.4 Å². The molecule has 4 N–H and O–H groups in total. The Hall–Kier alpha value is -3.21. The summed E-state index contributed by atoms with van der Waals surface area (Å²) in [6, 6.07) is 7.50. The largest absolute Gasteiger partial charge is 0.507 e. The summed E-state index contributed by atoms with van der Waals surface area (Å²) in [5, 5.41) is 41.5. The molecule has 0 unspecified atom stereocenters. The number of aromatic hydroxyl groups is 4. The van der Waals surface area contributed by atoms with Crippen molar-refractivity contribution in [3.05, 3.63) is 47.0 Å². The van der Waals surface area contributed by atoms with Crippen molar-refractivity contribution in [1.82, 2.24) is 0 Å². The van der Waals surface area contributed by atoms with E-state index in [2.05, 4.69) is 0 Å². The number of phenols is 4. The highest BCUT2D eigenvalue weighted by Gasteiger charge is 2.36. The molecule has 5 heteroatoms. The molecule has 3 aromatic carbocycles. The Balaban J connectivity index is 2.26. The standard InChI is InChI=1S/C18H12O5/c1-7-5-9-12(11(20)6-7)14-15(17(9)22)18(23)13-8(16(14)21)3-2-4-10(13)19/h2-6,19-21,23H,1H3. The molecule has 1 aliphatic carbocycles. The lowest BCUT2D eigenvalue weighted by atomic mass is 9.96. The number of phenolic OH excluding ortho intramolecular Hbond substituents is 4. The highest BCUT2D eigenvalue weighted by atomic mass is 16.3. The second-order valence-corrected chi connectivity index (χ2v) is 5.68. The van der Waals surface area contributed by atoms with Crippen molar-refractivity contribution in [3.8, 4) is 34.1 Å². The molecule has 0 saturated carbocycles. The highest BCUT2D eigenvalue weighted by molar-refractivity contribution is 6.28. The van der Waals surface area contributed by atoms with Gasteiger partial charge in [0.1, 0.15) is 23.0 Å². The third-order valence-corrected chi connectivity index (χ3v) is 4.24. The van der Waals surface area contributed by atoms with E-state index in [1.807, 2.05) is 0 Å². The molecule has 4 rings (SSSR count). The maximum Gasteiger partial charge on any atom is 0.198 e. The predicted octanol–water partition coefficient (Wildman–Crippen LogP) is 3.18. The molecule has 0 aliphatic heterocycles. The van der Waals surface area contributed by atoms with Crippen molar-refractivity contribution in [2.45, 2.75) is 6.92 Å². The lowest BCUT2D eigenvalue weighted by molar-refractivity contribution is 0.104. The van der Waals surface area contributed by atoms with Gasteiger partial charge in [0.15, 0.2) is 5.78 Å². The first-order valence-corrected chi connectivity index (χ1v) is 7.00. The first-order chi connectivity index (χ1) is 10.9. The lowest BCUT2D eigenvalue weighted by Crippen LogP contribution is -1.97. The second-order valence-electron chi connectivity index (χ2n) is 5.68. The van der Waals surface area contributed by atoms with Gasteiger partial charge in [0, 0.05) is 22.1 Å². The highest BCUT2D eigenvalue weighted by Crippen LogP contribution is 2.54. The number of aryl methyl sites for hydroxylation is 1. The van der Waals surface area contributed by atoms with Gasteiger partial charge in [0.05, 0.1) is 10.9 Å². The third kappa shape index (κ3) is 1.53. The molecule has 0 radical (unpaired) electrons. The number of rotatable bonds is 0. The molecule has 0 amide bonds. The van der Waals surface area contributed by atoms with E-state index in [1.54, 1.807) is 13.0 Å². The zero-order chi connectivity index (χ0) is 16.5. The zero-order valence-corrected chi connectivity index (χ0v) is 12.1. The Kier molecular flexibility index (Phi) is 2.44. The number of hydrogen-bond donors (Lipinski definition) is 4. The molecule has 0 bridgehead atoms. The van der Waals surface area contributed by atoms with Crippen LogP contribution in [0.2, 0.25) is 0 Å². The van der Waals surface area contributed by atoms with E-state index >= 15 is 0 Å². The number of benzene rings is 3. The van der Waals surface area contributed by atoms with Crippen LogP contribution in [-0.4, -0.2) is 26.2 Å². The number of carbonyl (C=O) groups is 1. The van der Waals surface area contributed by atoms with Gasteiger partial charge in [-0.25, -0.2) is 0 Å². The first kappa shape index (κ1) is 13.5. The van der Waals surface area contributed by atoms with Crippen LogP contribution >= 0.6 is 0 Å². The molecule has 0 saturated heterocycles. The molecule has 0 fully saturated rings. The quantitative estimate of drug-likeness (QED) is 0.374. The minimum Gasteiger partial charge on any atom is -0.507 e. The first-order valence-electron chi connectivity index (χ1n) is 7.00. The average molecular weight is 308 g/mol. The summed E-state index contributed by atoms with van der Waals surface area (Å²) in [6.45, 7) is 1.73. The topological polar surface area (TPSA) is 98.0 Å². The van der Waals surface area contributed by atoms with E-state index in [0.29, 0.717) is 5.56 Å². The monoisotopic (exact) mass is 308 g/mol. The van der Waals surface area contributed by atoms with Crippen molar-refractivity contribution in [2.24, 2.45) is 0 Å². The summed E-state index contributed by atoms with van der Waals surface area (Å²) >= 11 is 0. The molecule has 0 atom stereocenters. The fraction of sp³-hybridized carbons (Fsp3) is 0.0556. The molecule has 3 aromatic rings. The van der Waals surface area contributed by atoms with Gasteiger partial charge in [-0.05, 0) is 30.7 Å². The normalized spacial score (nSPS) is 12.5.